The third-order valence-corrected chi connectivity index (χ3v) is 4.55. The zero-order chi connectivity index (χ0) is 17.9. The Morgan fingerprint density at radius 3 is 2.96 bits per heavy atom. The molecule has 1 atom stereocenters. The van der Waals surface area contributed by atoms with E-state index >= 15 is 0 Å². The van der Waals surface area contributed by atoms with Crippen molar-refractivity contribution in [2.24, 2.45) is 0 Å². The summed E-state index contributed by atoms with van der Waals surface area (Å²) in [6.07, 6.45) is 0. The quantitative estimate of drug-likeness (QED) is 0.767. The number of imidazole rings is 1. The molecule has 6 heteroatoms. The zero-order valence-corrected chi connectivity index (χ0v) is 14.6. The van der Waals surface area contributed by atoms with Gasteiger partial charge in [-0.15, -0.1) is 0 Å². The van der Waals surface area contributed by atoms with Crippen LogP contribution in [0.4, 0.5) is 0 Å². The number of hydrogen-bond acceptors (Lipinski definition) is 4. The Balaban J connectivity index is 1.43. The van der Waals surface area contributed by atoms with Crippen LogP contribution in [0.15, 0.2) is 48.5 Å². The first-order chi connectivity index (χ1) is 12.7. The highest BCUT2D eigenvalue weighted by atomic mass is 16.5. The molecule has 1 aromatic heterocycles. The number of carbonyl (C=O) groups is 1. The average molecular weight is 351 g/mol. The van der Waals surface area contributed by atoms with Gasteiger partial charge in [-0.05, 0) is 30.7 Å². The molecule has 6 nitrogen and oxygen atoms in total. The van der Waals surface area contributed by atoms with E-state index in [1.54, 1.807) is 0 Å². The van der Waals surface area contributed by atoms with Crippen molar-refractivity contribution in [3.63, 3.8) is 0 Å². The first kappa shape index (κ1) is 16.6. The van der Waals surface area contributed by atoms with Crippen molar-refractivity contribution in [2.45, 2.75) is 19.6 Å². The first-order valence-electron chi connectivity index (χ1n) is 8.71. The van der Waals surface area contributed by atoms with E-state index in [-0.39, 0.29) is 18.6 Å². The van der Waals surface area contributed by atoms with Gasteiger partial charge in [0.1, 0.15) is 18.2 Å². The molecule has 2 heterocycles. The van der Waals surface area contributed by atoms with Gasteiger partial charge in [-0.3, -0.25) is 4.79 Å². The third-order valence-electron chi connectivity index (χ3n) is 4.55. The molecule has 0 saturated carbocycles. The summed E-state index contributed by atoms with van der Waals surface area (Å²) in [5.41, 5.74) is 3.23. The number of hydrogen-bond donors (Lipinski definition) is 1. The van der Waals surface area contributed by atoms with Crippen molar-refractivity contribution in [1.82, 2.24) is 14.9 Å². The third kappa shape index (κ3) is 3.28. The Hall–Kier alpha value is -2.86. The summed E-state index contributed by atoms with van der Waals surface area (Å²) in [4.78, 5) is 16.8. The number of amides is 1. The van der Waals surface area contributed by atoms with Crippen LogP contribution in [0.1, 0.15) is 17.4 Å². The van der Waals surface area contributed by atoms with Crippen molar-refractivity contribution in [3.8, 4) is 5.75 Å². The second-order valence-corrected chi connectivity index (χ2v) is 6.42. The smallest absolute Gasteiger partial charge is 0.258 e. The summed E-state index contributed by atoms with van der Waals surface area (Å²) in [6.45, 7) is 3.57. The summed E-state index contributed by atoms with van der Waals surface area (Å²) in [7, 11) is 0. The van der Waals surface area contributed by atoms with Crippen LogP contribution in [0.3, 0.4) is 0 Å². The molecular weight excluding hydrogens is 330 g/mol. The molecule has 0 bridgehead atoms. The van der Waals surface area contributed by atoms with Crippen LogP contribution in [-0.2, 0) is 16.1 Å². The molecule has 26 heavy (non-hydrogen) atoms. The molecule has 1 aliphatic heterocycles. The fraction of sp³-hybridized carbons (Fsp3) is 0.300. The van der Waals surface area contributed by atoms with Gasteiger partial charge < -0.3 is 19.4 Å². The lowest BCUT2D eigenvalue weighted by Gasteiger charge is -2.26. The predicted molar refractivity (Wildman–Crippen MR) is 98.1 cm³/mol. The number of fused-ring (bicyclic) bond motifs is 3. The average Bonchev–Trinajstić information content (AvgIpc) is 3.06. The summed E-state index contributed by atoms with van der Waals surface area (Å²) < 4.78 is 13.3. The van der Waals surface area contributed by atoms with Gasteiger partial charge >= 0.3 is 0 Å². The van der Waals surface area contributed by atoms with Crippen molar-refractivity contribution < 1.29 is 14.3 Å². The minimum atomic E-state index is -0.151. The van der Waals surface area contributed by atoms with Crippen LogP contribution in [0, 0.1) is 6.92 Å². The molecule has 0 spiro atoms. The maximum absolute atomic E-state index is 12.1. The molecule has 0 saturated heterocycles. The zero-order valence-electron chi connectivity index (χ0n) is 14.6. The van der Waals surface area contributed by atoms with E-state index in [1.165, 1.54) is 0 Å². The molecule has 3 aromatic rings. The Morgan fingerprint density at radius 2 is 2.12 bits per heavy atom. The number of aryl methyl sites for hydroxylation is 1. The highest BCUT2D eigenvalue weighted by Gasteiger charge is 2.24. The Bertz CT molecular complexity index is 921. The molecule has 1 amide bonds. The topological polar surface area (TPSA) is 65.4 Å². The molecule has 0 fully saturated rings. The molecule has 1 aliphatic rings. The Morgan fingerprint density at radius 1 is 1.27 bits per heavy atom. The lowest BCUT2D eigenvalue weighted by Crippen LogP contribution is -2.37. The monoisotopic (exact) mass is 351 g/mol. The normalized spacial score (nSPS) is 16.3. The van der Waals surface area contributed by atoms with E-state index in [0.29, 0.717) is 25.5 Å². The Labute approximate surface area is 151 Å². The molecule has 134 valence electrons. The molecule has 1 unspecified atom stereocenters. The van der Waals surface area contributed by atoms with Crippen molar-refractivity contribution in [3.05, 3.63) is 59.9 Å². The van der Waals surface area contributed by atoms with Gasteiger partial charge in [-0.2, -0.15) is 0 Å². The van der Waals surface area contributed by atoms with Crippen LogP contribution in [0.2, 0.25) is 0 Å². The molecule has 2 aromatic carbocycles. The SMILES string of the molecule is Cc1cccc2c1nc1n2C(CNC(=O)COc2ccccc2)COC1. The van der Waals surface area contributed by atoms with E-state index in [4.69, 9.17) is 14.5 Å². The van der Waals surface area contributed by atoms with Gasteiger partial charge in [-0.25, -0.2) is 4.98 Å². The number of carbonyl (C=O) groups excluding carboxylic acids is 1. The summed E-state index contributed by atoms with van der Waals surface area (Å²) in [6, 6.07) is 15.5. The summed E-state index contributed by atoms with van der Waals surface area (Å²) >= 11 is 0. The molecular formula is C20H21N3O3. The van der Waals surface area contributed by atoms with E-state index in [0.717, 1.165) is 22.4 Å². The number of ether oxygens (including phenoxy) is 2. The van der Waals surface area contributed by atoms with Crippen LogP contribution >= 0.6 is 0 Å². The second kappa shape index (κ2) is 7.17. The molecule has 1 N–H and O–H groups in total. The highest BCUT2D eigenvalue weighted by molar-refractivity contribution is 5.80. The van der Waals surface area contributed by atoms with E-state index < -0.39 is 0 Å². The van der Waals surface area contributed by atoms with Crippen LogP contribution in [0.25, 0.3) is 11.0 Å². The molecule has 4 rings (SSSR count). The van der Waals surface area contributed by atoms with Crippen molar-refractivity contribution in [1.29, 1.82) is 0 Å². The van der Waals surface area contributed by atoms with Gasteiger partial charge in [0.25, 0.3) is 5.91 Å². The standard InChI is InChI=1S/C20H21N3O3/c1-14-6-5-9-17-20(14)22-18-12-25-11-15(23(17)18)10-21-19(24)13-26-16-7-3-2-4-8-16/h2-9,15H,10-13H2,1H3,(H,21,24). The highest BCUT2D eigenvalue weighted by Crippen LogP contribution is 2.27. The maximum atomic E-state index is 12.1. The van der Waals surface area contributed by atoms with Crippen LogP contribution in [-0.4, -0.2) is 35.2 Å². The van der Waals surface area contributed by atoms with E-state index in [9.17, 15) is 4.79 Å². The van der Waals surface area contributed by atoms with E-state index in [1.807, 2.05) is 36.4 Å². The lowest BCUT2D eigenvalue weighted by atomic mass is 10.2. The minimum absolute atomic E-state index is 0.00572. The number of aromatic nitrogens is 2. The Kier molecular flexibility index (Phi) is 4.58. The first-order valence-corrected chi connectivity index (χ1v) is 8.71. The van der Waals surface area contributed by atoms with Crippen LogP contribution in [0.5, 0.6) is 5.75 Å². The summed E-state index contributed by atoms with van der Waals surface area (Å²) in [5, 5.41) is 2.94. The fourth-order valence-electron chi connectivity index (χ4n) is 3.27. The van der Waals surface area contributed by atoms with Gasteiger partial charge in [0.2, 0.25) is 0 Å². The number of benzene rings is 2. The van der Waals surface area contributed by atoms with Gasteiger partial charge in [0, 0.05) is 6.54 Å². The molecule has 0 aliphatic carbocycles. The fourth-order valence-corrected chi connectivity index (χ4v) is 3.27. The molecule has 0 radical (unpaired) electrons. The minimum Gasteiger partial charge on any atom is -0.484 e. The van der Waals surface area contributed by atoms with Crippen molar-refractivity contribution >= 4 is 16.9 Å². The number of rotatable bonds is 5. The maximum Gasteiger partial charge on any atom is 0.258 e. The van der Waals surface area contributed by atoms with E-state index in [2.05, 4.69) is 28.9 Å². The second-order valence-electron chi connectivity index (χ2n) is 6.42. The number of nitrogens with one attached hydrogen (secondary N) is 1. The number of nitrogens with zero attached hydrogens (tertiary/aromatic N) is 2. The predicted octanol–water partition coefficient (Wildman–Crippen LogP) is 2.61. The van der Waals surface area contributed by atoms with Gasteiger partial charge in [0.05, 0.1) is 23.7 Å². The van der Waals surface area contributed by atoms with Gasteiger partial charge in [-0.1, -0.05) is 30.3 Å². The van der Waals surface area contributed by atoms with Gasteiger partial charge in [0.15, 0.2) is 6.61 Å². The van der Waals surface area contributed by atoms with Crippen molar-refractivity contribution in [2.75, 3.05) is 19.8 Å². The lowest BCUT2D eigenvalue weighted by molar-refractivity contribution is -0.123. The largest absolute Gasteiger partial charge is 0.484 e. The number of para-hydroxylation sites is 2. The van der Waals surface area contributed by atoms with Crippen LogP contribution < -0.4 is 10.1 Å². The summed E-state index contributed by atoms with van der Waals surface area (Å²) in [5.74, 6) is 1.43.